The summed E-state index contributed by atoms with van der Waals surface area (Å²) in [5.41, 5.74) is 13.7. The normalized spacial score (nSPS) is 14.3. The van der Waals surface area contributed by atoms with Gasteiger partial charge in [-0.1, -0.05) is 133 Å². The Morgan fingerprint density at radius 1 is 0.487 bits per heavy atom. The van der Waals surface area contributed by atoms with Crippen LogP contribution >= 0.6 is 23.2 Å². The number of Topliss-reactive ketones (excluding diaryl/α,β-unsaturated/α-hetero) is 1. The van der Waals surface area contributed by atoms with Crippen molar-refractivity contribution in [3.8, 4) is 34.5 Å². The van der Waals surface area contributed by atoms with E-state index >= 15 is 0 Å². The van der Waals surface area contributed by atoms with Crippen molar-refractivity contribution >= 4 is 84.4 Å². The summed E-state index contributed by atoms with van der Waals surface area (Å²) < 4.78 is 40.6. The van der Waals surface area contributed by atoms with E-state index < -0.39 is 0 Å². The molecule has 0 unspecified atom stereocenters. The molecule has 0 atom stereocenters. The van der Waals surface area contributed by atoms with Gasteiger partial charge < -0.3 is 67.5 Å². The van der Waals surface area contributed by atoms with E-state index in [1.165, 1.54) is 33.3 Å². The second-order valence-corrected chi connectivity index (χ2v) is 30.7. The number of fused-ring (bicyclic) bond motifs is 6. The Morgan fingerprint density at radius 3 is 1.63 bits per heavy atom. The molecule has 20 heteroatoms. The van der Waals surface area contributed by atoms with Crippen molar-refractivity contribution in [2.45, 2.75) is 136 Å². The number of likely N-dealkylation sites (tertiary alicyclic amines) is 2. The third-order valence-corrected chi connectivity index (χ3v) is 22.9. The number of H-pyrrole nitrogens is 1. The van der Waals surface area contributed by atoms with Gasteiger partial charge in [0.15, 0.2) is 5.78 Å². The first kappa shape index (κ1) is 80.8. The van der Waals surface area contributed by atoms with Gasteiger partial charge in [-0.3, -0.25) is 19.3 Å². The number of para-hydroxylation sites is 4. The van der Waals surface area contributed by atoms with E-state index in [0.717, 1.165) is 227 Å². The molecule has 2 amide bonds. The molecule has 2 fully saturated rings. The van der Waals surface area contributed by atoms with Crippen molar-refractivity contribution < 1.29 is 42.8 Å². The fraction of sp³-hybridized carbons (Fsp3) is 0.366. The zero-order chi connectivity index (χ0) is 78.7. The standard InChI is InChI=1S/C33H39N3O3.C31H33Cl2N3O3.C29H35N3O3/c1-24-9-6-10-25(21-24)22-34-33(37)29-23-36(32-28(29)12-7-14-31(32)39-3)18-8-17-35-19-15-26(16-20-35)27-11-4-5-13-30(27)38-2;1-38-29-12-5-9-25-26(31(37)34-20-22-7-4-8-23(32)19-22)21-36(30(25)29)16-6-15-35-17-13-24(14-18-35)39-28-11-3-2-10-27(28)33;1-4-5-7-29(33)25-18-32(28-11-9-21(35-3)17-24(25)28)14-6-13-31-15-12-22-23-16-20(34-2)8-10-26(23)30-27(22)19-31/h4-7,9-14,21,23,26H,8,15-20,22H2,1-3H3,(H,34,37);2-5,7-12,19,21,24H,6,13-18,20H2,1H3,(H,34,37);8-11,16-18,30H,4-7,12-15,19H2,1-3H3. The summed E-state index contributed by atoms with van der Waals surface area (Å²) in [5, 5.41) is 11.6. The molecule has 8 aromatic carbocycles. The monoisotopic (exact) mass is 1560 g/mol. The second kappa shape index (κ2) is 39.0. The van der Waals surface area contributed by atoms with Crippen LogP contribution in [0.1, 0.15) is 142 Å². The van der Waals surface area contributed by atoms with Crippen LogP contribution in [0.25, 0.3) is 43.6 Å². The van der Waals surface area contributed by atoms with Crippen LogP contribution in [-0.4, -0.2) is 145 Å². The van der Waals surface area contributed by atoms with Crippen LogP contribution in [0.3, 0.4) is 0 Å². The van der Waals surface area contributed by atoms with E-state index in [1.54, 1.807) is 35.5 Å². The molecule has 0 aliphatic carbocycles. The van der Waals surface area contributed by atoms with Crippen molar-refractivity contribution in [2.75, 3.05) is 87.9 Å². The fourth-order valence-corrected chi connectivity index (χ4v) is 16.8. The van der Waals surface area contributed by atoms with Crippen LogP contribution in [0.15, 0.2) is 188 Å². The van der Waals surface area contributed by atoms with Gasteiger partial charge >= 0.3 is 0 Å². The van der Waals surface area contributed by atoms with Crippen LogP contribution < -0.4 is 39.1 Å². The Balaban J connectivity index is 0.000000148. The number of unbranched alkanes of at least 4 members (excludes halogenated alkanes) is 1. The molecule has 2 saturated heterocycles. The van der Waals surface area contributed by atoms with E-state index in [1.807, 2.05) is 134 Å². The zero-order valence-corrected chi connectivity index (χ0v) is 67.9. The van der Waals surface area contributed by atoms with Gasteiger partial charge in [0.25, 0.3) is 11.8 Å². The maximum atomic E-state index is 13.3. The highest BCUT2D eigenvalue weighted by Crippen LogP contribution is 2.38. The average Bonchev–Trinajstić information content (AvgIpc) is 1.65. The summed E-state index contributed by atoms with van der Waals surface area (Å²) in [6.45, 7) is 16.8. The van der Waals surface area contributed by atoms with Crippen LogP contribution in [0.5, 0.6) is 34.5 Å². The quantitative estimate of drug-likeness (QED) is 0.0365. The summed E-state index contributed by atoms with van der Waals surface area (Å²) in [5.74, 6) is 5.62. The number of ketones is 1. The van der Waals surface area contributed by atoms with E-state index in [9.17, 15) is 14.4 Å². The number of nitrogens with one attached hydrogen (secondary N) is 3. The van der Waals surface area contributed by atoms with Gasteiger partial charge in [0, 0.05) is 139 Å². The Hall–Kier alpha value is -10.2. The van der Waals surface area contributed by atoms with Crippen LogP contribution in [0, 0.1) is 6.92 Å². The number of aromatic nitrogens is 4. The molecule has 0 saturated carbocycles. The van der Waals surface area contributed by atoms with Gasteiger partial charge in [-0.2, -0.15) is 0 Å². The summed E-state index contributed by atoms with van der Waals surface area (Å²) in [4.78, 5) is 50.6. The zero-order valence-electron chi connectivity index (χ0n) is 66.3. The number of amides is 2. The van der Waals surface area contributed by atoms with Crippen LogP contribution in [0.4, 0.5) is 0 Å². The van der Waals surface area contributed by atoms with Crippen molar-refractivity contribution in [3.63, 3.8) is 0 Å². The minimum absolute atomic E-state index is 0.0630. The fourth-order valence-electron chi connectivity index (χ4n) is 16.4. The molecule has 0 bridgehead atoms. The molecule has 3 aliphatic heterocycles. The van der Waals surface area contributed by atoms with Crippen molar-refractivity contribution in [1.29, 1.82) is 0 Å². The van der Waals surface area contributed by atoms with E-state index in [2.05, 4.69) is 113 Å². The van der Waals surface area contributed by atoms with Gasteiger partial charge in [0.2, 0.25) is 0 Å². The summed E-state index contributed by atoms with van der Waals surface area (Å²) >= 11 is 12.4. The molecule has 113 heavy (non-hydrogen) atoms. The number of piperidine rings is 2. The third-order valence-electron chi connectivity index (χ3n) is 22.4. The van der Waals surface area contributed by atoms with Crippen molar-refractivity contribution in [3.05, 3.63) is 249 Å². The highest BCUT2D eigenvalue weighted by Gasteiger charge is 2.27. The van der Waals surface area contributed by atoms with E-state index in [4.69, 9.17) is 51.6 Å². The summed E-state index contributed by atoms with van der Waals surface area (Å²) in [7, 11) is 8.50. The molecule has 18 nitrogen and oxygen atoms in total. The number of hydrogen-bond donors (Lipinski definition) is 3. The topological polar surface area (TPSA) is 171 Å². The van der Waals surface area contributed by atoms with Crippen LogP contribution in [-0.2, 0) is 45.7 Å². The van der Waals surface area contributed by atoms with Crippen LogP contribution in [0.2, 0.25) is 10.0 Å². The maximum Gasteiger partial charge on any atom is 0.253 e. The molecule has 0 spiro atoms. The van der Waals surface area contributed by atoms with E-state index in [0.29, 0.717) is 46.6 Å². The molecule has 0 radical (unpaired) electrons. The average molecular weight is 1570 g/mol. The maximum absolute atomic E-state index is 13.3. The lowest BCUT2D eigenvalue weighted by atomic mass is 9.89. The molecular formula is C93H107Cl2N9O9. The van der Waals surface area contributed by atoms with Gasteiger partial charge in [0.05, 0.1) is 62.7 Å². The van der Waals surface area contributed by atoms with Gasteiger partial charge in [0.1, 0.15) is 40.6 Å². The smallest absolute Gasteiger partial charge is 0.253 e. The minimum atomic E-state index is -0.118. The van der Waals surface area contributed by atoms with Crippen molar-refractivity contribution in [2.24, 2.45) is 0 Å². The Morgan fingerprint density at radius 2 is 1.03 bits per heavy atom. The third kappa shape index (κ3) is 20.1. The number of nitrogens with zero attached hydrogens (tertiary/aromatic N) is 6. The number of carbonyl (C=O) groups is 3. The Labute approximate surface area is 674 Å². The first-order chi connectivity index (χ1) is 55.2. The second-order valence-electron chi connectivity index (χ2n) is 29.8. The summed E-state index contributed by atoms with van der Waals surface area (Å²) in [6, 6.07) is 55.9. The summed E-state index contributed by atoms with van der Waals surface area (Å²) in [6.07, 6.45) is 17.0. The molecule has 3 N–H and O–H groups in total. The minimum Gasteiger partial charge on any atom is -0.497 e. The number of aryl methyl sites for hydroxylation is 4. The first-order valence-corrected chi connectivity index (χ1v) is 40.7. The lowest BCUT2D eigenvalue weighted by Gasteiger charge is -2.32. The van der Waals surface area contributed by atoms with Gasteiger partial charge in [-0.05, 0) is 198 Å². The number of carbonyl (C=O) groups excluding carboxylic acids is 3. The number of hydrogen-bond acceptors (Lipinski definition) is 12. The molecule has 4 aromatic heterocycles. The number of ether oxygens (including phenoxy) is 6. The number of benzene rings is 8. The molecule has 15 rings (SSSR count). The number of methoxy groups -OCH3 is 5. The molecule has 7 heterocycles. The lowest BCUT2D eigenvalue weighted by Crippen LogP contribution is -2.39. The molecular weight excluding hydrogens is 1460 g/mol. The largest absolute Gasteiger partial charge is 0.497 e. The highest BCUT2D eigenvalue weighted by atomic mass is 35.5. The van der Waals surface area contributed by atoms with Crippen molar-refractivity contribution in [1.82, 2.24) is 44.0 Å². The predicted molar refractivity (Wildman–Crippen MR) is 455 cm³/mol. The van der Waals surface area contributed by atoms with Gasteiger partial charge in [-0.25, -0.2) is 0 Å². The molecule has 12 aromatic rings. The predicted octanol–water partition coefficient (Wildman–Crippen LogP) is 18.9. The number of rotatable bonds is 30. The van der Waals surface area contributed by atoms with Gasteiger partial charge in [-0.15, -0.1) is 0 Å². The number of aromatic amines is 1. The first-order valence-electron chi connectivity index (χ1n) is 40.0. The molecule has 592 valence electrons. The Bertz CT molecular complexity index is 5220. The number of halogens is 2. The molecule has 3 aliphatic rings. The SMILES string of the molecule is CCCCC(=O)c1cn(CCCN2CCc3c([nH]c4ccc(OC)cc34)C2)c2ccc(OC)cc12.COc1cccc2c(C(=O)NCc3cccc(Cl)c3)cn(CCCN3CCC(Oc4ccccc4Cl)CC3)c12.COc1ccccc1C1CCN(CCCn2cc(C(=O)NCc3cccc(C)c3)c3cccc(OC)c32)CC1. The lowest BCUT2D eigenvalue weighted by molar-refractivity contribution is 0.0944. The Kier molecular flexibility index (Phi) is 27.9. The highest BCUT2D eigenvalue weighted by molar-refractivity contribution is 6.32. The van der Waals surface area contributed by atoms with E-state index in [-0.39, 0.29) is 23.7 Å².